The molecule has 0 saturated heterocycles. The lowest BCUT2D eigenvalue weighted by Gasteiger charge is -2.08. The topological polar surface area (TPSA) is 64.1 Å². The van der Waals surface area contributed by atoms with Crippen LogP contribution in [0, 0.1) is 0 Å². The van der Waals surface area contributed by atoms with Crippen molar-refractivity contribution in [2.24, 2.45) is 0 Å². The molecule has 4 heteroatoms. The molecule has 1 aromatic heterocycles. The van der Waals surface area contributed by atoms with Crippen molar-refractivity contribution in [3.8, 4) is 0 Å². The third kappa shape index (κ3) is 1.54. The second-order valence-electron chi connectivity index (χ2n) is 3.99. The molecule has 1 aromatic rings. The number of nitrogens with zero attached hydrogens (tertiary/aromatic N) is 1. The van der Waals surface area contributed by atoms with E-state index in [1.54, 1.807) is 12.1 Å². The standard InChI is InChI=1S/C13H7NO3/c15-8-1-2-11-7(3-8)4-10-12(14-11)5-9(16)6-13(10)17/h1-5H,6H2. The Morgan fingerprint density at radius 3 is 2.71 bits per heavy atom. The van der Waals surface area contributed by atoms with E-state index in [-0.39, 0.29) is 23.8 Å². The Hall–Kier alpha value is -2.36. The number of aromatic nitrogens is 1. The zero-order chi connectivity index (χ0) is 12.0. The van der Waals surface area contributed by atoms with E-state index in [1.165, 1.54) is 18.2 Å². The molecule has 0 amide bonds. The van der Waals surface area contributed by atoms with Crippen LogP contribution in [0.15, 0.2) is 12.1 Å². The molecule has 1 heterocycles. The van der Waals surface area contributed by atoms with Gasteiger partial charge < -0.3 is 0 Å². The minimum Gasteiger partial charge on any atom is -0.294 e. The summed E-state index contributed by atoms with van der Waals surface area (Å²) in [5.41, 5.74) is 1.03. The number of carbonyl (C=O) groups excluding carboxylic acids is 3. The lowest BCUT2D eigenvalue weighted by atomic mass is 9.98. The SMILES string of the molecule is O=C1C=Cc2nc3c(cc2=C1)C(=O)CC(=O)C=3. The third-order valence-electron chi connectivity index (χ3n) is 2.75. The highest BCUT2D eigenvalue weighted by atomic mass is 16.1. The first-order valence-electron chi connectivity index (χ1n) is 5.16. The average Bonchev–Trinajstić information content (AvgIpc) is 2.27. The Kier molecular flexibility index (Phi) is 1.92. The monoisotopic (exact) mass is 225 g/mol. The van der Waals surface area contributed by atoms with Crippen LogP contribution in [0.4, 0.5) is 0 Å². The van der Waals surface area contributed by atoms with Gasteiger partial charge in [0.15, 0.2) is 17.3 Å². The van der Waals surface area contributed by atoms with Crippen molar-refractivity contribution < 1.29 is 14.4 Å². The molecular weight excluding hydrogens is 218 g/mol. The van der Waals surface area contributed by atoms with E-state index in [0.29, 0.717) is 21.8 Å². The minimum absolute atomic E-state index is 0.114. The van der Waals surface area contributed by atoms with Crippen molar-refractivity contribution in [3.05, 3.63) is 34.0 Å². The van der Waals surface area contributed by atoms with Crippen molar-refractivity contribution in [3.63, 3.8) is 0 Å². The van der Waals surface area contributed by atoms with Crippen molar-refractivity contribution in [1.82, 2.24) is 4.98 Å². The van der Waals surface area contributed by atoms with Gasteiger partial charge in [-0.05, 0) is 24.3 Å². The summed E-state index contributed by atoms with van der Waals surface area (Å²) in [7, 11) is 0. The summed E-state index contributed by atoms with van der Waals surface area (Å²) in [5.74, 6) is -0.587. The smallest absolute Gasteiger partial charge is 0.179 e. The Balaban J connectivity index is 2.39. The van der Waals surface area contributed by atoms with E-state index in [4.69, 9.17) is 0 Å². The van der Waals surface area contributed by atoms with Gasteiger partial charge in [-0.15, -0.1) is 0 Å². The van der Waals surface area contributed by atoms with Crippen molar-refractivity contribution in [1.29, 1.82) is 0 Å². The van der Waals surface area contributed by atoms with Crippen molar-refractivity contribution >= 4 is 35.6 Å². The molecule has 0 atom stereocenters. The summed E-state index contributed by atoms with van der Waals surface area (Å²) in [5, 5.41) is 1.03. The van der Waals surface area contributed by atoms with E-state index in [0.717, 1.165) is 0 Å². The van der Waals surface area contributed by atoms with Crippen LogP contribution in [0.2, 0.25) is 0 Å². The second-order valence-corrected chi connectivity index (χ2v) is 3.99. The summed E-state index contributed by atoms with van der Waals surface area (Å²) >= 11 is 0. The maximum absolute atomic E-state index is 11.7. The molecule has 2 aliphatic rings. The van der Waals surface area contributed by atoms with Crippen LogP contribution in [-0.4, -0.2) is 22.3 Å². The van der Waals surface area contributed by atoms with Gasteiger partial charge in [0.25, 0.3) is 0 Å². The zero-order valence-corrected chi connectivity index (χ0v) is 8.77. The van der Waals surface area contributed by atoms with Gasteiger partial charge >= 0.3 is 0 Å². The number of hydrogen-bond donors (Lipinski definition) is 0. The normalized spacial score (nSPS) is 17.1. The van der Waals surface area contributed by atoms with Gasteiger partial charge in [0.05, 0.1) is 17.5 Å². The molecule has 0 aliphatic heterocycles. The van der Waals surface area contributed by atoms with E-state index in [2.05, 4.69) is 4.98 Å². The van der Waals surface area contributed by atoms with Crippen LogP contribution in [0.3, 0.4) is 0 Å². The quantitative estimate of drug-likeness (QED) is 0.553. The van der Waals surface area contributed by atoms with Crippen LogP contribution in [0.1, 0.15) is 22.5 Å². The summed E-state index contributed by atoms with van der Waals surface area (Å²) in [4.78, 5) is 38.4. The fraction of sp³-hybridized carbons (Fsp3) is 0.0769. The third-order valence-corrected chi connectivity index (χ3v) is 2.75. The Morgan fingerprint density at radius 2 is 1.88 bits per heavy atom. The predicted molar refractivity (Wildman–Crippen MR) is 60.4 cm³/mol. The number of hydrogen-bond acceptors (Lipinski definition) is 4. The summed E-state index contributed by atoms with van der Waals surface area (Å²) in [6.45, 7) is 0. The molecule has 0 saturated carbocycles. The number of pyridine rings is 1. The molecule has 0 unspecified atom stereocenters. The van der Waals surface area contributed by atoms with Gasteiger partial charge in [-0.25, -0.2) is 4.98 Å². The largest absolute Gasteiger partial charge is 0.294 e. The van der Waals surface area contributed by atoms with Gasteiger partial charge in [-0.2, -0.15) is 0 Å². The molecule has 0 bridgehead atoms. The molecule has 2 aliphatic carbocycles. The fourth-order valence-corrected chi connectivity index (χ4v) is 1.96. The van der Waals surface area contributed by atoms with Crippen LogP contribution in [0.5, 0.6) is 0 Å². The van der Waals surface area contributed by atoms with E-state index in [1.807, 2.05) is 0 Å². The number of rotatable bonds is 0. The van der Waals surface area contributed by atoms with Gasteiger partial charge in [-0.3, -0.25) is 14.4 Å². The summed E-state index contributed by atoms with van der Waals surface area (Å²) in [6.07, 6.45) is 5.70. The van der Waals surface area contributed by atoms with Gasteiger partial charge in [0.1, 0.15) is 0 Å². The fourth-order valence-electron chi connectivity index (χ4n) is 1.96. The number of Topliss-reactive ketones (excluding diaryl/α,β-unsaturated/α-hetero) is 2. The maximum atomic E-state index is 11.7. The van der Waals surface area contributed by atoms with E-state index in [9.17, 15) is 14.4 Å². The molecule has 82 valence electrons. The van der Waals surface area contributed by atoms with Gasteiger partial charge in [0.2, 0.25) is 0 Å². The number of ketones is 3. The highest BCUT2D eigenvalue weighted by Gasteiger charge is 2.19. The number of allylic oxidation sites excluding steroid dienone is 1. The van der Waals surface area contributed by atoms with Gasteiger partial charge in [-0.1, -0.05) is 0 Å². The number of carbonyl (C=O) groups is 3. The molecule has 0 spiro atoms. The lowest BCUT2D eigenvalue weighted by molar-refractivity contribution is -0.112. The molecular formula is C13H7NO3. The molecule has 17 heavy (non-hydrogen) atoms. The predicted octanol–water partition coefficient (Wildman–Crippen LogP) is -0.606. The number of fused-ring (bicyclic) bond motifs is 2. The first-order chi connectivity index (χ1) is 8.13. The van der Waals surface area contributed by atoms with Crippen LogP contribution < -0.4 is 10.6 Å². The maximum Gasteiger partial charge on any atom is 0.179 e. The second kappa shape index (κ2) is 3.31. The summed E-state index contributed by atoms with van der Waals surface area (Å²) < 4.78 is 0. The van der Waals surface area contributed by atoms with E-state index >= 15 is 0 Å². The Labute approximate surface area is 96.0 Å². The minimum atomic E-state index is -0.238. The first-order valence-corrected chi connectivity index (χ1v) is 5.16. The van der Waals surface area contributed by atoms with Crippen LogP contribution in [0.25, 0.3) is 18.2 Å². The Morgan fingerprint density at radius 1 is 1.06 bits per heavy atom. The van der Waals surface area contributed by atoms with Crippen LogP contribution in [-0.2, 0) is 9.59 Å². The van der Waals surface area contributed by atoms with Crippen molar-refractivity contribution in [2.75, 3.05) is 0 Å². The molecule has 0 fully saturated rings. The van der Waals surface area contributed by atoms with Crippen LogP contribution >= 0.6 is 0 Å². The highest BCUT2D eigenvalue weighted by molar-refractivity contribution is 6.22. The first kappa shape index (κ1) is 9.84. The molecule has 0 radical (unpaired) electrons. The van der Waals surface area contributed by atoms with Gasteiger partial charge in [0, 0.05) is 16.9 Å². The Bertz CT molecular complexity index is 726. The van der Waals surface area contributed by atoms with E-state index < -0.39 is 0 Å². The highest BCUT2D eigenvalue weighted by Crippen LogP contribution is 2.05. The molecule has 0 aromatic carbocycles. The molecule has 4 nitrogen and oxygen atoms in total. The summed E-state index contributed by atoms with van der Waals surface area (Å²) in [6, 6.07) is 1.63. The lowest BCUT2D eigenvalue weighted by Crippen LogP contribution is -2.32. The molecule has 3 rings (SSSR count). The average molecular weight is 225 g/mol. The zero-order valence-electron chi connectivity index (χ0n) is 8.77. The molecule has 0 N–H and O–H groups in total. The van der Waals surface area contributed by atoms with Crippen molar-refractivity contribution in [2.45, 2.75) is 6.42 Å².